The average molecular weight is 270 g/mol. The van der Waals surface area contributed by atoms with E-state index in [-0.39, 0.29) is 0 Å². The minimum Gasteiger partial charge on any atom is -0.368 e. The van der Waals surface area contributed by atoms with Crippen molar-refractivity contribution in [1.82, 2.24) is 9.97 Å². The van der Waals surface area contributed by atoms with E-state index in [0.717, 1.165) is 12.5 Å². The number of nitrogen functional groups attached to an aromatic ring is 1. The highest BCUT2D eigenvalue weighted by molar-refractivity contribution is 6.32. The number of halogens is 1. The summed E-state index contributed by atoms with van der Waals surface area (Å²) in [6, 6.07) is 0. The number of nitrogens with zero attached hydrogens (tertiary/aromatic N) is 2. The van der Waals surface area contributed by atoms with Crippen molar-refractivity contribution in [2.24, 2.45) is 17.7 Å². The number of anilines is 2. The molecule has 0 unspecified atom stereocenters. The van der Waals surface area contributed by atoms with Gasteiger partial charge in [0, 0.05) is 6.54 Å². The Bertz CT molecular complexity index is 390. The monoisotopic (exact) mass is 269 g/mol. The molecule has 1 heterocycles. The second kappa shape index (κ2) is 6.20. The van der Waals surface area contributed by atoms with Crippen molar-refractivity contribution in [3.8, 4) is 0 Å². The van der Waals surface area contributed by atoms with Crippen molar-refractivity contribution < 1.29 is 0 Å². The fourth-order valence-corrected chi connectivity index (χ4v) is 2.49. The van der Waals surface area contributed by atoms with E-state index < -0.39 is 0 Å². The normalized spacial score (nSPS) is 23.7. The zero-order chi connectivity index (χ0) is 13.0. The first-order valence-corrected chi connectivity index (χ1v) is 6.80. The Balaban J connectivity index is 1.89. The van der Waals surface area contributed by atoms with E-state index in [9.17, 15) is 0 Å². The van der Waals surface area contributed by atoms with Crippen LogP contribution in [0.4, 0.5) is 11.8 Å². The van der Waals surface area contributed by atoms with Gasteiger partial charge in [0.15, 0.2) is 5.82 Å². The first kappa shape index (κ1) is 13.4. The third kappa shape index (κ3) is 3.46. The smallest absolute Gasteiger partial charge is 0.239 e. The lowest BCUT2D eigenvalue weighted by molar-refractivity contribution is 0.300. The lowest BCUT2D eigenvalue weighted by atomic mass is 9.83. The van der Waals surface area contributed by atoms with Crippen molar-refractivity contribution in [1.29, 1.82) is 0 Å². The molecule has 18 heavy (non-hydrogen) atoms. The Hall–Kier alpha value is -1.07. The maximum atomic E-state index is 6.04. The molecule has 4 N–H and O–H groups in total. The average Bonchev–Trinajstić information content (AvgIpc) is 2.40. The van der Waals surface area contributed by atoms with Crippen LogP contribution in [0.25, 0.3) is 0 Å². The molecular formula is C12H20ClN5. The molecule has 1 aliphatic rings. The Morgan fingerprint density at radius 1 is 1.39 bits per heavy atom. The zero-order valence-corrected chi connectivity index (χ0v) is 11.4. The molecule has 100 valence electrons. The summed E-state index contributed by atoms with van der Waals surface area (Å²) in [5.41, 5.74) is 2.42. The number of hydrogen-bond donors (Lipinski definition) is 3. The van der Waals surface area contributed by atoms with Crippen molar-refractivity contribution in [3.05, 3.63) is 11.2 Å². The van der Waals surface area contributed by atoms with Crippen molar-refractivity contribution in [2.45, 2.75) is 32.6 Å². The molecular weight excluding hydrogens is 250 g/mol. The summed E-state index contributed by atoms with van der Waals surface area (Å²) in [5, 5.41) is 3.82. The van der Waals surface area contributed by atoms with Crippen LogP contribution in [-0.4, -0.2) is 16.5 Å². The zero-order valence-electron chi connectivity index (χ0n) is 10.6. The van der Waals surface area contributed by atoms with Crippen LogP contribution in [0.3, 0.4) is 0 Å². The first-order valence-electron chi connectivity index (χ1n) is 6.42. The quantitative estimate of drug-likeness (QED) is 0.579. The predicted molar refractivity (Wildman–Crippen MR) is 74.5 cm³/mol. The third-order valence-corrected chi connectivity index (χ3v) is 3.84. The summed E-state index contributed by atoms with van der Waals surface area (Å²) in [4.78, 5) is 8.14. The van der Waals surface area contributed by atoms with Gasteiger partial charge in [-0.2, -0.15) is 4.98 Å². The SMILES string of the molecule is CC1CCC(CNc2nc(NN)ncc2Cl)CC1. The highest BCUT2D eigenvalue weighted by Crippen LogP contribution is 2.29. The lowest BCUT2D eigenvalue weighted by Gasteiger charge is -2.26. The Morgan fingerprint density at radius 3 is 2.78 bits per heavy atom. The minimum atomic E-state index is 0.374. The number of nitrogens with one attached hydrogen (secondary N) is 2. The molecule has 6 heteroatoms. The molecule has 0 atom stereocenters. The summed E-state index contributed by atoms with van der Waals surface area (Å²) in [6.45, 7) is 3.23. The van der Waals surface area contributed by atoms with Gasteiger partial charge in [0.25, 0.3) is 0 Å². The van der Waals surface area contributed by atoms with Crippen molar-refractivity contribution in [3.63, 3.8) is 0 Å². The third-order valence-electron chi connectivity index (χ3n) is 3.57. The number of hydrogen-bond acceptors (Lipinski definition) is 5. The van der Waals surface area contributed by atoms with E-state index in [2.05, 4.69) is 27.6 Å². The van der Waals surface area contributed by atoms with Gasteiger partial charge in [0.1, 0.15) is 5.02 Å². The second-order valence-electron chi connectivity index (χ2n) is 5.04. The van der Waals surface area contributed by atoms with Gasteiger partial charge in [0.05, 0.1) is 6.20 Å². The number of nitrogens with two attached hydrogens (primary N) is 1. The molecule has 1 saturated carbocycles. The molecule has 0 amide bonds. The van der Waals surface area contributed by atoms with Crippen LogP contribution in [0, 0.1) is 11.8 Å². The van der Waals surface area contributed by atoms with Crippen molar-refractivity contribution in [2.75, 3.05) is 17.3 Å². The Morgan fingerprint density at radius 2 is 2.11 bits per heavy atom. The minimum absolute atomic E-state index is 0.374. The maximum Gasteiger partial charge on any atom is 0.239 e. The van der Waals surface area contributed by atoms with Gasteiger partial charge in [-0.25, -0.2) is 10.8 Å². The number of aromatic nitrogens is 2. The fourth-order valence-electron chi connectivity index (χ4n) is 2.33. The molecule has 0 spiro atoms. The molecule has 0 aromatic carbocycles. The van der Waals surface area contributed by atoms with E-state index in [0.29, 0.717) is 22.7 Å². The second-order valence-corrected chi connectivity index (χ2v) is 5.45. The highest BCUT2D eigenvalue weighted by Gasteiger charge is 2.18. The predicted octanol–water partition coefficient (Wildman–Crippen LogP) is 2.65. The van der Waals surface area contributed by atoms with Crippen molar-refractivity contribution >= 4 is 23.4 Å². The van der Waals surface area contributed by atoms with Gasteiger partial charge >= 0.3 is 0 Å². The molecule has 1 aromatic rings. The summed E-state index contributed by atoms with van der Waals surface area (Å²) in [6.07, 6.45) is 6.74. The fraction of sp³-hybridized carbons (Fsp3) is 0.667. The molecule has 1 fully saturated rings. The summed E-state index contributed by atoms with van der Waals surface area (Å²) >= 11 is 6.04. The van der Waals surface area contributed by atoms with Crippen LogP contribution in [0.15, 0.2) is 6.20 Å². The molecule has 1 aromatic heterocycles. The van der Waals surface area contributed by atoms with Crippen LogP contribution in [0.2, 0.25) is 5.02 Å². The number of rotatable bonds is 4. The van der Waals surface area contributed by atoms with Gasteiger partial charge in [-0.05, 0) is 24.7 Å². The van der Waals surface area contributed by atoms with Gasteiger partial charge in [0.2, 0.25) is 5.95 Å². The molecule has 1 aliphatic carbocycles. The molecule has 0 radical (unpaired) electrons. The van der Waals surface area contributed by atoms with Crippen LogP contribution >= 0.6 is 11.6 Å². The van der Waals surface area contributed by atoms with Crippen LogP contribution in [-0.2, 0) is 0 Å². The molecule has 2 rings (SSSR count). The first-order chi connectivity index (χ1) is 8.69. The van der Waals surface area contributed by atoms with E-state index in [1.54, 1.807) is 6.20 Å². The van der Waals surface area contributed by atoms with E-state index in [1.165, 1.54) is 25.7 Å². The van der Waals surface area contributed by atoms with Gasteiger partial charge in [-0.1, -0.05) is 31.4 Å². The van der Waals surface area contributed by atoms with E-state index in [1.807, 2.05) is 0 Å². The number of hydrazine groups is 1. The largest absolute Gasteiger partial charge is 0.368 e. The standard InChI is InChI=1S/C12H20ClN5/c1-8-2-4-9(5-3-8)6-15-11-10(13)7-16-12(17-11)18-14/h7-9H,2-6,14H2,1H3,(H2,15,16,17,18). The molecule has 0 bridgehead atoms. The van der Waals surface area contributed by atoms with Crippen LogP contribution in [0.5, 0.6) is 0 Å². The topological polar surface area (TPSA) is 75.9 Å². The van der Waals surface area contributed by atoms with E-state index >= 15 is 0 Å². The molecule has 0 aliphatic heterocycles. The van der Waals surface area contributed by atoms with E-state index in [4.69, 9.17) is 17.4 Å². The van der Waals surface area contributed by atoms with Crippen LogP contribution in [0.1, 0.15) is 32.6 Å². The Kier molecular flexibility index (Phi) is 4.60. The Labute approximate surface area is 112 Å². The molecule has 0 saturated heterocycles. The summed E-state index contributed by atoms with van der Waals surface area (Å²) < 4.78 is 0. The van der Waals surface area contributed by atoms with Gasteiger partial charge in [-0.3, -0.25) is 5.43 Å². The maximum absolute atomic E-state index is 6.04. The molecule has 5 nitrogen and oxygen atoms in total. The van der Waals surface area contributed by atoms with Gasteiger partial charge < -0.3 is 5.32 Å². The summed E-state index contributed by atoms with van der Waals surface area (Å²) in [5.74, 6) is 7.88. The highest BCUT2D eigenvalue weighted by atomic mass is 35.5. The summed E-state index contributed by atoms with van der Waals surface area (Å²) in [7, 11) is 0. The van der Waals surface area contributed by atoms with Gasteiger partial charge in [-0.15, -0.1) is 0 Å². The van der Waals surface area contributed by atoms with Crippen LogP contribution < -0.4 is 16.6 Å². The lowest BCUT2D eigenvalue weighted by Crippen LogP contribution is -2.21.